The molecule has 0 aliphatic carbocycles. The Hall–Kier alpha value is -2.28. The van der Waals surface area contributed by atoms with E-state index in [-0.39, 0.29) is 24.1 Å². The lowest BCUT2D eigenvalue weighted by molar-refractivity contribution is -0.0381. The number of rotatable bonds is 3. The highest BCUT2D eigenvalue weighted by Gasteiger charge is 2.46. The van der Waals surface area contributed by atoms with Crippen LogP contribution in [0.15, 0.2) is 30.5 Å². The molecule has 2 aliphatic heterocycles. The van der Waals surface area contributed by atoms with Gasteiger partial charge in [-0.3, -0.25) is 0 Å². The van der Waals surface area contributed by atoms with E-state index in [1.54, 1.807) is 6.07 Å². The smallest absolute Gasteiger partial charge is 0.250 e. The zero-order chi connectivity index (χ0) is 16.5. The van der Waals surface area contributed by atoms with E-state index < -0.39 is 5.82 Å². The standard InChI is InChI=1S/C17H19FN4O2/c1-11-6-7-15(21-20-11)22-10-14(16-13(22)5-3-9-23-16)24-17-12(18)4-2-8-19-17/h2,4,6-8,13-14,16H,3,5,9-10H2,1H3/t13-,14-,16+/m1/s1. The van der Waals surface area contributed by atoms with Crippen LogP contribution >= 0.6 is 0 Å². The van der Waals surface area contributed by atoms with E-state index in [2.05, 4.69) is 20.1 Å². The molecule has 0 bridgehead atoms. The molecule has 3 atom stereocenters. The molecule has 2 aromatic rings. The van der Waals surface area contributed by atoms with Crippen molar-refractivity contribution in [3.63, 3.8) is 0 Å². The number of anilines is 1. The lowest BCUT2D eigenvalue weighted by Gasteiger charge is -2.32. The first-order valence-corrected chi connectivity index (χ1v) is 8.18. The third-order valence-electron chi connectivity index (χ3n) is 4.54. The van der Waals surface area contributed by atoms with Crippen molar-refractivity contribution >= 4 is 5.82 Å². The van der Waals surface area contributed by atoms with Gasteiger partial charge < -0.3 is 14.4 Å². The zero-order valence-electron chi connectivity index (χ0n) is 13.4. The van der Waals surface area contributed by atoms with Crippen molar-refractivity contribution in [2.24, 2.45) is 0 Å². The summed E-state index contributed by atoms with van der Waals surface area (Å²) in [4.78, 5) is 6.14. The van der Waals surface area contributed by atoms with Gasteiger partial charge in [-0.15, -0.1) is 5.10 Å². The SMILES string of the molecule is Cc1ccc(N2C[C@@H](Oc3ncccc3F)[C@H]3OCCC[C@H]32)nn1. The van der Waals surface area contributed by atoms with Gasteiger partial charge in [0.25, 0.3) is 5.88 Å². The summed E-state index contributed by atoms with van der Waals surface area (Å²) < 4.78 is 25.7. The Balaban J connectivity index is 1.59. The molecule has 0 saturated carbocycles. The van der Waals surface area contributed by atoms with Crippen LogP contribution in [0.4, 0.5) is 10.2 Å². The predicted octanol–water partition coefficient (Wildman–Crippen LogP) is 2.13. The topological polar surface area (TPSA) is 60.4 Å². The first-order valence-electron chi connectivity index (χ1n) is 8.18. The number of aromatic nitrogens is 3. The van der Waals surface area contributed by atoms with E-state index in [1.165, 1.54) is 12.3 Å². The Morgan fingerprint density at radius 1 is 1.29 bits per heavy atom. The third kappa shape index (κ3) is 2.80. The van der Waals surface area contributed by atoms with Gasteiger partial charge in [0.1, 0.15) is 12.2 Å². The van der Waals surface area contributed by atoms with Crippen LogP contribution in [0.5, 0.6) is 5.88 Å². The number of pyridine rings is 1. The highest BCUT2D eigenvalue weighted by atomic mass is 19.1. The molecule has 2 aromatic heterocycles. The van der Waals surface area contributed by atoms with Gasteiger partial charge in [0.2, 0.25) is 0 Å². The van der Waals surface area contributed by atoms with Gasteiger partial charge in [-0.1, -0.05) is 0 Å². The van der Waals surface area contributed by atoms with Crippen LogP contribution in [0.1, 0.15) is 18.5 Å². The van der Waals surface area contributed by atoms with E-state index in [1.807, 2.05) is 19.1 Å². The molecule has 4 rings (SSSR count). The Morgan fingerprint density at radius 3 is 3.00 bits per heavy atom. The number of hydrogen-bond acceptors (Lipinski definition) is 6. The van der Waals surface area contributed by atoms with Crippen LogP contribution in [0, 0.1) is 12.7 Å². The number of ether oxygens (including phenoxy) is 2. The van der Waals surface area contributed by atoms with Crippen LogP contribution in [0.25, 0.3) is 0 Å². The van der Waals surface area contributed by atoms with Crippen molar-refractivity contribution in [1.29, 1.82) is 0 Å². The van der Waals surface area contributed by atoms with Crippen molar-refractivity contribution < 1.29 is 13.9 Å². The molecular weight excluding hydrogens is 311 g/mol. The van der Waals surface area contributed by atoms with Gasteiger partial charge in [-0.05, 0) is 44.0 Å². The average Bonchev–Trinajstić information content (AvgIpc) is 2.97. The summed E-state index contributed by atoms with van der Waals surface area (Å²) >= 11 is 0. The molecule has 0 unspecified atom stereocenters. The first kappa shape index (κ1) is 15.3. The molecule has 0 aromatic carbocycles. The summed E-state index contributed by atoms with van der Waals surface area (Å²) in [5, 5.41) is 8.42. The van der Waals surface area contributed by atoms with Crippen molar-refractivity contribution in [1.82, 2.24) is 15.2 Å². The molecule has 7 heteroatoms. The highest BCUT2D eigenvalue weighted by molar-refractivity contribution is 5.42. The lowest BCUT2D eigenvalue weighted by atomic mass is 10.0. The van der Waals surface area contributed by atoms with Crippen molar-refractivity contribution in [2.75, 3.05) is 18.1 Å². The van der Waals surface area contributed by atoms with Crippen LogP contribution < -0.4 is 9.64 Å². The molecule has 0 amide bonds. The monoisotopic (exact) mass is 330 g/mol. The van der Waals surface area contributed by atoms with Gasteiger partial charge in [-0.25, -0.2) is 9.37 Å². The van der Waals surface area contributed by atoms with E-state index >= 15 is 0 Å². The summed E-state index contributed by atoms with van der Waals surface area (Å²) in [6.07, 6.45) is 3.09. The molecule has 2 aliphatic rings. The van der Waals surface area contributed by atoms with Gasteiger partial charge in [0.05, 0.1) is 18.3 Å². The fourth-order valence-electron chi connectivity index (χ4n) is 3.42. The quantitative estimate of drug-likeness (QED) is 0.859. The molecule has 126 valence electrons. The van der Waals surface area contributed by atoms with E-state index in [9.17, 15) is 4.39 Å². The molecular formula is C17H19FN4O2. The number of nitrogens with zero attached hydrogens (tertiary/aromatic N) is 4. The Morgan fingerprint density at radius 2 is 2.21 bits per heavy atom. The predicted molar refractivity (Wildman–Crippen MR) is 85.5 cm³/mol. The minimum absolute atomic E-state index is 0.0206. The second kappa shape index (κ2) is 6.32. The molecule has 4 heterocycles. The molecule has 0 spiro atoms. The zero-order valence-corrected chi connectivity index (χ0v) is 13.4. The minimum Gasteiger partial charge on any atom is -0.468 e. The normalized spacial score (nSPS) is 26.2. The summed E-state index contributed by atoms with van der Waals surface area (Å²) in [5.74, 6) is 0.361. The summed E-state index contributed by atoms with van der Waals surface area (Å²) in [5.41, 5.74) is 0.873. The van der Waals surface area contributed by atoms with Crippen molar-refractivity contribution in [3.05, 3.63) is 42.0 Å². The maximum absolute atomic E-state index is 13.9. The number of aryl methyl sites for hydroxylation is 1. The maximum Gasteiger partial charge on any atom is 0.250 e. The third-order valence-corrected chi connectivity index (χ3v) is 4.54. The highest BCUT2D eigenvalue weighted by Crippen LogP contribution is 2.34. The first-order chi connectivity index (χ1) is 11.7. The fourth-order valence-corrected chi connectivity index (χ4v) is 3.42. The average molecular weight is 330 g/mol. The van der Waals surface area contributed by atoms with E-state index in [4.69, 9.17) is 9.47 Å². The van der Waals surface area contributed by atoms with Gasteiger partial charge in [-0.2, -0.15) is 5.10 Å². The van der Waals surface area contributed by atoms with Crippen LogP contribution in [-0.4, -0.2) is 46.6 Å². The van der Waals surface area contributed by atoms with Crippen molar-refractivity contribution in [3.8, 4) is 5.88 Å². The number of halogens is 1. The summed E-state index contributed by atoms with van der Waals surface area (Å²) in [6, 6.07) is 6.95. The molecule has 0 radical (unpaired) electrons. The lowest BCUT2D eigenvalue weighted by Crippen LogP contribution is -2.43. The Bertz CT molecular complexity index is 712. The Kier molecular flexibility index (Phi) is 4.02. The maximum atomic E-state index is 13.9. The van der Waals surface area contributed by atoms with Crippen LogP contribution in [0.2, 0.25) is 0 Å². The van der Waals surface area contributed by atoms with Crippen LogP contribution in [-0.2, 0) is 4.74 Å². The number of hydrogen-bond donors (Lipinski definition) is 0. The largest absolute Gasteiger partial charge is 0.468 e. The fraction of sp³-hybridized carbons (Fsp3) is 0.471. The minimum atomic E-state index is -0.460. The Labute approximate surface area is 139 Å². The van der Waals surface area contributed by atoms with E-state index in [0.717, 1.165) is 24.4 Å². The summed E-state index contributed by atoms with van der Waals surface area (Å²) in [6.45, 7) is 3.17. The van der Waals surface area contributed by atoms with E-state index in [0.29, 0.717) is 13.2 Å². The van der Waals surface area contributed by atoms with Gasteiger partial charge in [0.15, 0.2) is 11.6 Å². The molecule has 6 nitrogen and oxygen atoms in total. The van der Waals surface area contributed by atoms with Crippen LogP contribution in [0.3, 0.4) is 0 Å². The summed E-state index contributed by atoms with van der Waals surface area (Å²) in [7, 11) is 0. The van der Waals surface area contributed by atoms with Crippen molar-refractivity contribution in [2.45, 2.75) is 38.0 Å². The molecule has 0 N–H and O–H groups in total. The molecule has 2 fully saturated rings. The molecule has 24 heavy (non-hydrogen) atoms. The number of fused-ring (bicyclic) bond motifs is 1. The van der Waals surface area contributed by atoms with Gasteiger partial charge in [0, 0.05) is 12.8 Å². The second-order valence-electron chi connectivity index (χ2n) is 6.18. The second-order valence-corrected chi connectivity index (χ2v) is 6.18. The van der Waals surface area contributed by atoms with Gasteiger partial charge >= 0.3 is 0 Å². The molecule has 2 saturated heterocycles.